The highest BCUT2D eigenvalue weighted by molar-refractivity contribution is 5.94. The predicted molar refractivity (Wildman–Crippen MR) is 202 cm³/mol. The third-order valence-electron chi connectivity index (χ3n) is 10.6. The van der Waals surface area contributed by atoms with Gasteiger partial charge in [-0.1, -0.05) is 55.7 Å². The van der Waals surface area contributed by atoms with Gasteiger partial charge in [0.25, 0.3) is 0 Å². The fraction of sp³-hybridized carbons (Fsp3) is 0.463. The molecule has 8 nitrogen and oxygen atoms in total. The van der Waals surface area contributed by atoms with Crippen LogP contribution in [0.2, 0.25) is 0 Å². The van der Waals surface area contributed by atoms with E-state index < -0.39 is 11.7 Å². The second kappa shape index (κ2) is 17.0. The third-order valence-corrected chi connectivity index (χ3v) is 10.6. The molecule has 0 spiro atoms. The van der Waals surface area contributed by atoms with E-state index in [1.165, 1.54) is 44.2 Å². The molecule has 1 aliphatic carbocycles. The Bertz CT molecular complexity index is 1710. The van der Waals surface area contributed by atoms with Gasteiger partial charge in [-0.3, -0.25) is 14.6 Å². The summed E-state index contributed by atoms with van der Waals surface area (Å²) < 4.78 is 38.1. The SMILES string of the molecule is CC(=O)c1ccc(-c2ccc(N3CCN(C(C)C)CC3)nn2)cc1.FC(F)(F)c1ccc(-c2ccc(N3CCN(C4CCCCC4)CC3)nc2)cc1. The van der Waals surface area contributed by atoms with Gasteiger partial charge >= 0.3 is 6.18 Å². The van der Waals surface area contributed by atoms with Gasteiger partial charge in [-0.05, 0) is 75.6 Å². The van der Waals surface area contributed by atoms with Crippen molar-refractivity contribution in [3.8, 4) is 22.4 Å². The average Bonchev–Trinajstić information content (AvgIpc) is 3.18. The van der Waals surface area contributed by atoms with E-state index in [9.17, 15) is 18.0 Å². The van der Waals surface area contributed by atoms with Crippen LogP contribution < -0.4 is 9.80 Å². The summed E-state index contributed by atoms with van der Waals surface area (Å²) in [5, 5.41) is 8.76. The summed E-state index contributed by atoms with van der Waals surface area (Å²) in [6.07, 6.45) is 4.22. The third kappa shape index (κ3) is 9.54. The highest BCUT2D eigenvalue weighted by atomic mass is 19.4. The number of ketones is 1. The minimum absolute atomic E-state index is 0.0727. The first-order chi connectivity index (χ1) is 25.0. The van der Waals surface area contributed by atoms with Gasteiger partial charge in [0.1, 0.15) is 5.82 Å². The lowest BCUT2D eigenvalue weighted by Crippen LogP contribution is -2.51. The Hall–Kier alpha value is -4.35. The van der Waals surface area contributed by atoms with E-state index in [2.05, 4.69) is 48.6 Å². The lowest BCUT2D eigenvalue weighted by molar-refractivity contribution is -0.137. The molecule has 4 heterocycles. The standard InChI is InChI=1S/C22H26F3N3.C19H24N4O/c23-22(24,25)19-9-6-17(7-10-19)18-8-11-21(26-16-18)28-14-12-27(13-15-28)20-4-2-1-3-5-20;1-14(2)22-10-12-23(13-11-22)19-9-8-18(20-21-19)17-6-4-16(5-7-17)15(3)24/h6-11,16,20H,1-5,12-15H2;4-9,14H,10-13H2,1-3H3. The fourth-order valence-corrected chi connectivity index (χ4v) is 7.35. The summed E-state index contributed by atoms with van der Waals surface area (Å²) in [7, 11) is 0. The van der Waals surface area contributed by atoms with E-state index in [-0.39, 0.29) is 5.78 Å². The summed E-state index contributed by atoms with van der Waals surface area (Å²) in [6.45, 7) is 14.2. The van der Waals surface area contributed by atoms with Crippen LogP contribution >= 0.6 is 0 Å². The number of hydrogen-bond donors (Lipinski definition) is 0. The Morgan fingerprint density at radius 2 is 1.25 bits per heavy atom. The number of rotatable bonds is 7. The normalized spacial score (nSPS) is 17.9. The summed E-state index contributed by atoms with van der Waals surface area (Å²) in [4.78, 5) is 25.6. The lowest BCUT2D eigenvalue weighted by Gasteiger charge is -2.41. The van der Waals surface area contributed by atoms with Crippen molar-refractivity contribution < 1.29 is 18.0 Å². The van der Waals surface area contributed by atoms with Crippen molar-refractivity contribution in [2.24, 2.45) is 0 Å². The largest absolute Gasteiger partial charge is 0.416 e. The fourth-order valence-electron chi connectivity index (χ4n) is 7.35. The van der Waals surface area contributed by atoms with Gasteiger partial charge in [-0.15, -0.1) is 10.2 Å². The Kier molecular flexibility index (Phi) is 12.2. The number of pyridine rings is 1. The zero-order valence-corrected chi connectivity index (χ0v) is 30.5. The number of hydrogen-bond acceptors (Lipinski definition) is 8. The van der Waals surface area contributed by atoms with Crippen LogP contribution in [0.15, 0.2) is 79.0 Å². The zero-order chi connectivity index (χ0) is 36.7. The molecule has 2 aliphatic heterocycles. The van der Waals surface area contributed by atoms with E-state index in [0.717, 1.165) is 105 Å². The molecule has 11 heteroatoms. The topological polar surface area (TPSA) is 68.7 Å². The van der Waals surface area contributed by atoms with E-state index in [1.54, 1.807) is 13.1 Å². The molecule has 0 radical (unpaired) electrons. The second-order valence-corrected chi connectivity index (χ2v) is 14.3. The number of benzene rings is 2. The maximum atomic E-state index is 12.7. The first-order valence-electron chi connectivity index (χ1n) is 18.6. The smallest absolute Gasteiger partial charge is 0.354 e. The van der Waals surface area contributed by atoms with Crippen molar-refractivity contribution in [3.63, 3.8) is 0 Å². The molecule has 3 aliphatic rings. The highest BCUT2D eigenvalue weighted by Gasteiger charge is 2.30. The molecular weight excluding hydrogens is 663 g/mol. The molecule has 276 valence electrons. The van der Waals surface area contributed by atoms with Crippen LogP contribution in [0.5, 0.6) is 0 Å². The highest BCUT2D eigenvalue weighted by Crippen LogP contribution is 2.31. The van der Waals surface area contributed by atoms with Crippen LogP contribution in [0.4, 0.5) is 24.8 Å². The minimum Gasteiger partial charge on any atom is -0.354 e. The Morgan fingerprint density at radius 3 is 1.79 bits per heavy atom. The van der Waals surface area contributed by atoms with E-state index in [0.29, 0.717) is 11.6 Å². The Labute approximate surface area is 305 Å². The number of piperazine rings is 2. The zero-order valence-electron chi connectivity index (χ0n) is 30.5. The van der Waals surface area contributed by atoms with Crippen LogP contribution in [0.3, 0.4) is 0 Å². The van der Waals surface area contributed by atoms with Crippen LogP contribution in [0, 0.1) is 0 Å². The van der Waals surface area contributed by atoms with Crippen molar-refractivity contribution >= 4 is 17.4 Å². The molecular formula is C41H50F3N7O. The molecule has 7 rings (SSSR count). The van der Waals surface area contributed by atoms with Crippen molar-refractivity contribution in [3.05, 3.63) is 90.1 Å². The number of aromatic nitrogens is 3. The van der Waals surface area contributed by atoms with Gasteiger partial charge in [0.05, 0.1) is 11.3 Å². The molecule has 0 bridgehead atoms. The number of nitrogens with zero attached hydrogens (tertiary/aromatic N) is 7. The average molecular weight is 714 g/mol. The molecule has 2 aromatic heterocycles. The van der Waals surface area contributed by atoms with Gasteiger partial charge in [0, 0.05) is 87.3 Å². The summed E-state index contributed by atoms with van der Waals surface area (Å²) in [6, 6.07) is 22.0. The van der Waals surface area contributed by atoms with Gasteiger partial charge in [-0.2, -0.15) is 13.2 Å². The molecule has 52 heavy (non-hydrogen) atoms. The summed E-state index contributed by atoms with van der Waals surface area (Å²) >= 11 is 0. The van der Waals surface area contributed by atoms with Crippen molar-refractivity contribution in [2.45, 2.75) is 71.1 Å². The molecule has 4 aromatic rings. The van der Waals surface area contributed by atoms with Gasteiger partial charge in [-0.25, -0.2) is 4.98 Å². The van der Waals surface area contributed by atoms with Gasteiger partial charge in [0.2, 0.25) is 0 Å². The monoisotopic (exact) mass is 713 g/mol. The maximum Gasteiger partial charge on any atom is 0.416 e. The molecule has 0 N–H and O–H groups in total. The van der Waals surface area contributed by atoms with Crippen LogP contribution in [0.25, 0.3) is 22.4 Å². The second-order valence-electron chi connectivity index (χ2n) is 14.3. The maximum absolute atomic E-state index is 12.7. The lowest BCUT2D eigenvalue weighted by atomic mass is 9.94. The van der Waals surface area contributed by atoms with Gasteiger partial charge in [0.15, 0.2) is 11.6 Å². The van der Waals surface area contributed by atoms with Crippen molar-refractivity contribution in [2.75, 3.05) is 62.2 Å². The summed E-state index contributed by atoms with van der Waals surface area (Å²) in [5.74, 6) is 1.95. The van der Waals surface area contributed by atoms with Crippen molar-refractivity contribution in [1.82, 2.24) is 25.0 Å². The molecule has 2 saturated heterocycles. The summed E-state index contributed by atoms with van der Waals surface area (Å²) in [5.41, 5.74) is 3.47. The van der Waals surface area contributed by atoms with Crippen molar-refractivity contribution in [1.29, 1.82) is 0 Å². The van der Waals surface area contributed by atoms with E-state index >= 15 is 0 Å². The number of Topliss-reactive ketones (excluding diaryl/α,β-unsaturated/α-hetero) is 1. The molecule has 0 atom stereocenters. The number of anilines is 2. The molecule has 0 amide bonds. The predicted octanol–water partition coefficient (Wildman–Crippen LogP) is 8.10. The van der Waals surface area contributed by atoms with E-state index in [4.69, 9.17) is 0 Å². The quantitative estimate of drug-likeness (QED) is 0.178. The first kappa shape index (κ1) is 37.4. The number of carbonyl (C=O) groups excluding carboxylic acids is 1. The number of carbonyl (C=O) groups is 1. The Morgan fingerprint density at radius 1 is 0.673 bits per heavy atom. The molecule has 0 unspecified atom stereocenters. The van der Waals surface area contributed by atoms with Gasteiger partial charge < -0.3 is 9.80 Å². The van der Waals surface area contributed by atoms with Crippen LogP contribution in [-0.4, -0.2) is 95.2 Å². The minimum atomic E-state index is -4.31. The number of halogens is 3. The molecule has 1 saturated carbocycles. The first-order valence-corrected chi connectivity index (χ1v) is 18.6. The van der Waals surface area contributed by atoms with E-state index in [1.807, 2.05) is 48.5 Å². The number of alkyl halides is 3. The van der Waals surface area contributed by atoms with Crippen LogP contribution in [0.1, 0.15) is 68.8 Å². The molecule has 2 aromatic carbocycles. The Balaban J connectivity index is 0.000000181. The molecule has 3 fully saturated rings. The van der Waals surface area contributed by atoms with Crippen LogP contribution in [-0.2, 0) is 6.18 Å².